The number of rotatable bonds is 22. The lowest BCUT2D eigenvalue weighted by atomic mass is 9.84. The number of unbranched alkanes of at least 4 members (excludes halogenated alkanes) is 4. The summed E-state index contributed by atoms with van der Waals surface area (Å²) in [7, 11) is 0. The molecule has 0 fully saturated rings. The largest absolute Gasteiger partial charge is 0.311 e. The van der Waals surface area contributed by atoms with Gasteiger partial charge in [0.05, 0.1) is 0 Å². The van der Waals surface area contributed by atoms with Crippen LogP contribution >= 0.6 is 0 Å². The highest BCUT2D eigenvalue weighted by Crippen LogP contribution is 2.39. The van der Waals surface area contributed by atoms with E-state index in [9.17, 15) is 4.79 Å². The Balaban J connectivity index is 0.881. The first-order valence-electron chi connectivity index (χ1n) is 27.0. The predicted molar refractivity (Wildman–Crippen MR) is 309 cm³/mol. The molecule has 0 radical (unpaired) electrons. The van der Waals surface area contributed by atoms with Crippen molar-refractivity contribution in [3.8, 4) is 11.1 Å². The summed E-state index contributed by atoms with van der Waals surface area (Å²) in [6.07, 6.45) is 22.6. The van der Waals surface area contributed by atoms with Gasteiger partial charge < -0.3 is 4.90 Å². The number of fused-ring (bicyclic) bond motifs is 3. The van der Waals surface area contributed by atoms with Crippen molar-refractivity contribution in [1.82, 2.24) is 0 Å². The number of carbonyl (C=O) groups excluding carboxylic acids is 1. The molecule has 0 amide bonds. The number of hydrogen-bond acceptors (Lipinski definition) is 2. The van der Waals surface area contributed by atoms with Gasteiger partial charge in [0, 0.05) is 34.1 Å². The molecule has 0 spiro atoms. The summed E-state index contributed by atoms with van der Waals surface area (Å²) in [6, 6.07) is 67.1. The number of aryl methyl sites for hydroxylation is 4. The topological polar surface area (TPSA) is 20.3 Å². The van der Waals surface area contributed by atoms with Crippen LogP contribution < -0.4 is 4.90 Å². The molecule has 362 valence electrons. The minimum Gasteiger partial charge on any atom is -0.311 e. The number of ketones is 1. The Bertz CT molecular complexity index is 2770. The first kappa shape index (κ1) is 49.7. The fourth-order valence-electron chi connectivity index (χ4n) is 10.2. The van der Waals surface area contributed by atoms with Crippen molar-refractivity contribution in [3.63, 3.8) is 0 Å². The molecule has 0 saturated heterocycles. The average molecular weight is 942 g/mol. The van der Waals surface area contributed by atoms with Crippen LogP contribution in [-0.2, 0) is 25.7 Å². The molecule has 0 N–H and O–H groups in total. The molecule has 8 aromatic carbocycles. The van der Waals surface area contributed by atoms with Crippen LogP contribution in [0.15, 0.2) is 182 Å². The van der Waals surface area contributed by atoms with E-state index < -0.39 is 0 Å². The first-order valence-corrected chi connectivity index (χ1v) is 27.0. The van der Waals surface area contributed by atoms with Crippen molar-refractivity contribution in [1.29, 1.82) is 0 Å². The van der Waals surface area contributed by atoms with Gasteiger partial charge in [-0.1, -0.05) is 211 Å². The number of carbonyl (C=O) groups is 1. The van der Waals surface area contributed by atoms with Crippen LogP contribution in [0, 0.1) is 0 Å². The molecule has 0 heterocycles. The van der Waals surface area contributed by atoms with Gasteiger partial charge in [-0.25, -0.2) is 0 Å². The zero-order valence-electron chi connectivity index (χ0n) is 43.0. The Hall–Kier alpha value is -7.29. The van der Waals surface area contributed by atoms with E-state index in [0.29, 0.717) is 0 Å². The first-order chi connectivity index (χ1) is 35.4. The second-order valence-corrected chi connectivity index (χ2v) is 19.9. The molecule has 2 nitrogen and oxygen atoms in total. The molecule has 0 unspecified atom stereocenters. The maximum atomic E-state index is 14.0. The molecule has 0 aliphatic heterocycles. The van der Waals surface area contributed by atoms with Gasteiger partial charge in [-0.3, -0.25) is 4.79 Å². The molecule has 1 aliphatic rings. The summed E-state index contributed by atoms with van der Waals surface area (Å²) in [5.74, 6) is 0.235. The maximum Gasteiger partial charge on any atom is 0.194 e. The van der Waals surface area contributed by atoms with Crippen molar-refractivity contribution in [2.75, 3.05) is 4.90 Å². The monoisotopic (exact) mass is 942 g/mol. The van der Waals surface area contributed by atoms with Gasteiger partial charge in [-0.05, 0) is 172 Å². The predicted octanol–water partition coefficient (Wildman–Crippen LogP) is 19.3. The smallest absolute Gasteiger partial charge is 0.194 e. The van der Waals surface area contributed by atoms with E-state index in [-0.39, 0.29) is 11.7 Å². The fraction of sp³-hybridized carbons (Fsp3) is 0.243. The summed E-state index contributed by atoms with van der Waals surface area (Å²) in [5.41, 5.74) is 20.7. The van der Waals surface area contributed by atoms with Crippen molar-refractivity contribution in [2.45, 2.75) is 111 Å². The third kappa shape index (κ3) is 12.1. The van der Waals surface area contributed by atoms with Crippen LogP contribution in [0.25, 0.3) is 35.4 Å². The molecule has 2 heteroatoms. The number of benzene rings is 8. The minimum absolute atomic E-state index is 0.0823. The molecule has 1 aliphatic carbocycles. The highest BCUT2D eigenvalue weighted by Gasteiger charge is 2.27. The fourth-order valence-corrected chi connectivity index (χ4v) is 10.2. The number of anilines is 3. The van der Waals surface area contributed by atoms with Crippen LogP contribution in [0.5, 0.6) is 0 Å². The highest BCUT2D eigenvalue weighted by molar-refractivity contribution is 6.22. The quantitative estimate of drug-likeness (QED) is 0.0498. The van der Waals surface area contributed by atoms with Crippen LogP contribution in [0.2, 0.25) is 0 Å². The van der Waals surface area contributed by atoms with E-state index in [1.54, 1.807) is 0 Å². The summed E-state index contributed by atoms with van der Waals surface area (Å²) in [6.45, 7) is 9.00. The SMILES string of the molecule is CCCCc1ccc(C(c2ccc(/C=C/c3ccc4c(c3)C(=O)c3cc(/C=C/c5ccc(N(c6ccc(CCCC)cc6)c6ccc(CCCC)cc6)cc5)ccc3-4)cc2)c2ccc(CCCC)cc2)cc1. The summed E-state index contributed by atoms with van der Waals surface area (Å²) < 4.78 is 0. The van der Waals surface area contributed by atoms with Crippen LogP contribution in [0.3, 0.4) is 0 Å². The van der Waals surface area contributed by atoms with Gasteiger partial charge in [0.15, 0.2) is 5.78 Å². The average Bonchev–Trinajstić information content (AvgIpc) is 3.71. The standard InChI is InChI=1S/C70H71NO/c1-5-9-13-51-21-35-59(36-22-51)69(60-37-23-52(24-38-60)14-10-6-2)61-39-25-55(26-40-61)17-19-57-33-47-65-66-48-34-58(50-68(66)70(72)67(65)49-57)20-18-56-31-45-64(46-32-56)71(62-41-27-53(28-42-62)15-11-7-3)63-43-29-54(30-44-63)16-12-8-4/h17-50,69H,5-16H2,1-4H3/b19-17+,20-18+. The Morgan fingerprint density at radius 1 is 0.333 bits per heavy atom. The molecule has 8 aromatic rings. The molecule has 0 saturated carbocycles. The van der Waals surface area contributed by atoms with E-state index in [2.05, 4.69) is 233 Å². The molecular formula is C70H71NO. The van der Waals surface area contributed by atoms with E-state index >= 15 is 0 Å². The van der Waals surface area contributed by atoms with Crippen molar-refractivity contribution in [3.05, 3.63) is 254 Å². The second-order valence-electron chi connectivity index (χ2n) is 19.9. The van der Waals surface area contributed by atoms with Gasteiger partial charge in [0.25, 0.3) is 0 Å². The van der Waals surface area contributed by atoms with E-state index in [4.69, 9.17) is 0 Å². The van der Waals surface area contributed by atoms with Gasteiger partial charge in [-0.2, -0.15) is 0 Å². The van der Waals surface area contributed by atoms with Crippen LogP contribution in [0.1, 0.15) is 162 Å². The summed E-state index contributed by atoms with van der Waals surface area (Å²) >= 11 is 0. The maximum absolute atomic E-state index is 14.0. The molecule has 0 atom stereocenters. The van der Waals surface area contributed by atoms with Crippen molar-refractivity contribution >= 4 is 47.1 Å². The molecule has 9 rings (SSSR count). The second kappa shape index (κ2) is 24.2. The van der Waals surface area contributed by atoms with E-state index in [1.807, 2.05) is 6.07 Å². The molecule has 0 aromatic heterocycles. The van der Waals surface area contributed by atoms with Crippen molar-refractivity contribution < 1.29 is 4.79 Å². The third-order valence-corrected chi connectivity index (χ3v) is 14.5. The molecule has 72 heavy (non-hydrogen) atoms. The molecular weight excluding hydrogens is 871 g/mol. The van der Waals surface area contributed by atoms with Crippen LogP contribution in [0.4, 0.5) is 17.1 Å². The van der Waals surface area contributed by atoms with E-state index in [1.165, 1.54) is 90.3 Å². The van der Waals surface area contributed by atoms with E-state index in [0.717, 1.165) is 87.3 Å². The van der Waals surface area contributed by atoms with Gasteiger partial charge in [-0.15, -0.1) is 0 Å². The van der Waals surface area contributed by atoms with Crippen molar-refractivity contribution in [2.24, 2.45) is 0 Å². The van der Waals surface area contributed by atoms with Gasteiger partial charge in [0.2, 0.25) is 0 Å². The lowest BCUT2D eigenvalue weighted by Gasteiger charge is -2.26. The van der Waals surface area contributed by atoms with Crippen LogP contribution in [-0.4, -0.2) is 5.78 Å². The Morgan fingerprint density at radius 3 is 0.958 bits per heavy atom. The lowest BCUT2D eigenvalue weighted by molar-refractivity contribution is 0.104. The summed E-state index contributed by atoms with van der Waals surface area (Å²) in [5, 5.41) is 0. The number of hydrogen-bond donors (Lipinski definition) is 0. The minimum atomic E-state index is 0.0823. The normalized spacial score (nSPS) is 12.0. The lowest BCUT2D eigenvalue weighted by Crippen LogP contribution is -2.10. The molecule has 0 bridgehead atoms. The Kier molecular flexibility index (Phi) is 16.7. The van der Waals surface area contributed by atoms with Gasteiger partial charge in [0.1, 0.15) is 0 Å². The zero-order valence-corrected chi connectivity index (χ0v) is 43.0. The Labute approximate surface area is 430 Å². The third-order valence-electron chi connectivity index (χ3n) is 14.5. The van der Waals surface area contributed by atoms with Gasteiger partial charge >= 0.3 is 0 Å². The highest BCUT2D eigenvalue weighted by atomic mass is 16.1. The Morgan fingerprint density at radius 2 is 0.611 bits per heavy atom. The number of nitrogens with zero attached hydrogens (tertiary/aromatic N) is 1. The summed E-state index contributed by atoms with van der Waals surface area (Å²) in [4.78, 5) is 16.4. The zero-order chi connectivity index (χ0) is 49.7.